The second-order valence-corrected chi connectivity index (χ2v) is 6.64. The summed E-state index contributed by atoms with van der Waals surface area (Å²) in [6.07, 6.45) is 0.587. The lowest BCUT2D eigenvalue weighted by Crippen LogP contribution is -2.44. The minimum atomic E-state index is -3.73. The van der Waals surface area contributed by atoms with Crippen LogP contribution in [0.5, 0.6) is 0 Å². The highest BCUT2D eigenvalue weighted by Gasteiger charge is 2.29. The van der Waals surface area contributed by atoms with E-state index in [1.807, 2.05) is 6.92 Å². The van der Waals surface area contributed by atoms with Crippen molar-refractivity contribution in [1.29, 1.82) is 0 Å². The lowest BCUT2D eigenvalue weighted by Gasteiger charge is -2.19. The Balaban J connectivity index is 2.92. The van der Waals surface area contributed by atoms with Gasteiger partial charge in [0.05, 0.1) is 0 Å². The molecule has 0 amide bonds. The zero-order chi connectivity index (χ0) is 13.1. The van der Waals surface area contributed by atoms with E-state index in [1.54, 1.807) is 18.4 Å². The number of carbonyl (C=O) groups is 1. The summed E-state index contributed by atoms with van der Waals surface area (Å²) in [6, 6.07) is 1.97. The molecule has 0 aliphatic heterocycles. The predicted octanol–water partition coefficient (Wildman–Crippen LogP) is 1.53. The van der Waals surface area contributed by atoms with Crippen molar-refractivity contribution in [2.24, 2.45) is 5.92 Å². The third-order valence-corrected chi connectivity index (χ3v) is 5.36. The smallest absolute Gasteiger partial charge is 0.322 e. The van der Waals surface area contributed by atoms with E-state index in [1.165, 1.54) is 6.07 Å². The molecule has 1 aromatic rings. The van der Waals surface area contributed by atoms with Crippen LogP contribution >= 0.6 is 11.3 Å². The van der Waals surface area contributed by atoms with Crippen molar-refractivity contribution in [2.75, 3.05) is 0 Å². The zero-order valence-corrected chi connectivity index (χ0v) is 11.2. The number of hydrogen-bond donors (Lipinski definition) is 2. The summed E-state index contributed by atoms with van der Waals surface area (Å²) in [5.41, 5.74) is 0. The Morgan fingerprint density at radius 3 is 2.65 bits per heavy atom. The monoisotopic (exact) mass is 277 g/mol. The molecular weight excluding hydrogens is 262 g/mol. The molecule has 17 heavy (non-hydrogen) atoms. The molecule has 1 heterocycles. The molecule has 0 aromatic carbocycles. The van der Waals surface area contributed by atoms with Crippen LogP contribution in [0.1, 0.15) is 20.3 Å². The van der Waals surface area contributed by atoms with Crippen molar-refractivity contribution < 1.29 is 18.3 Å². The quantitative estimate of drug-likeness (QED) is 0.826. The van der Waals surface area contributed by atoms with E-state index >= 15 is 0 Å². The van der Waals surface area contributed by atoms with Crippen LogP contribution < -0.4 is 4.72 Å². The molecule has 0 saturated heterocycles. The van der Waals surface area contributed by atoms with Crippen LogP contribution in [0, 0.1) is 5.92 Å². The first-order valence-corrected chi connectivity index (χ1v) is 7.53. The number of nitrogens with one attached hydrogen (secondary N) is 1. The van der Waals surface area contributed by atoms with Gasteiger partial charge in [-0.2, -0.15) is 4.72 Å². The molecule has 0 bridgehead atoms. The van der Waals surface area contributed by atoms with Gasteiger partial charge in [-0.15, -0.1) is 11.3 Å². The summed E-state index contributed by atoms with van der Waals surface area (Å²) in [7, 11) is -3.73. The number of rotatable bonds is 6. The second-order valence-electron chi connectivity index (χ2n) is 3.75. The number of carboxylic acid groups (broad SMARTS) is 1. The van der Waals surface area contributed by atoms with Gasteiger partial charge in [-0.05, 0) is 17.4 Å². The lowest BCUT2D eigenvalue weighted by molar-refractivity contribution is -0.140. The molecule has 2 N–H and O–H groups in total. The van der Waals surface area contributed by atoms with Crippen molar-refractivity contribution in [1.82, 2.24) is 4.72 Å². The Kier molecular flexibility index (Phi) is 4.67. The van der Waals surface area contributed by atoms with E-state index in [4.69, 9.17) is 5.11 Å². The zero-order valence-electron chi connectivity index (χ0n) is 9.58. The van der Waals surface area contributed by atoms with E-state index < -0.39 is 22.0 Å². The van der Waals surface area contributed by atoms with E-state index in [0.717, 1.165) is 11.3 Å². The first-order chi connectivity index (χ1) is 7.88. The third-order valence-electron chi connectivity index (χ3n) is 2.52. The van der Waals surface area contributed by atoms with Gasteiger partial charge >= 0.3 is 5.97 Å². The topological polar surface area (TPSA) is 83.5 Å². The van der Waals surface area contributed by atoms with Gasteiger partial charge in [-0.1, -0.05) is 26.3 Å². The van der Waals surface area contributed by atoms with Gasteiger partial charge in [0.15, 0.2) is 0 Å². The van der Waals surface area contributed by atoms with Crippen molar-refractivity contribution in [3.05, 3.63) is 17.5 Å². The van der Waals surface area contributed by atoms with Gasteiger partial charge < -0.3 is 5.11 Å². The van der Waals surface area contributed by atoms with Crippen LogP contribution in [0.25, 0.3) is 0 Å². The molecule has 0 radical (unpaired) electrons. The summed E-state index contributed by atoms with van der Waals surface area (Å²) >= 11 is 1.06. The summed E-state index contributed by atoms with van der Waals surface area (Å²) in [5, 5.41) is 10.6. The van der Waals surface area contributed by atoms with E-state index in [9.17, 15) is 13.2 Å². The Bertz CT molecular complexity index is 467. The maximum atomic E-state index is 11.9. The third kappa shape index (κ3) is 3.52. The van der Waals surface area contributed by atoms with Crippen LogP contribution in [0.15, 0.2) is 21.7 Å². The molecule has 0 saturated carbocycles. The molecule has 0 spiro atoms. The second kappa shape index (κ2) is 5.61. The minimum Gasteiger partial charge on any atom is -0.480 e. The predicted molar refractivity (Wildman–Crippen MR) is 65.5 cm³/mol. The molecule has 0 unspecified atom stereocenters. The van der Waals surface area contributed by atoms with Crippen molar-refractivity contribution >= 4 is 27.3 Å². The summed E-state index contributed by atoms with van der Waals surface area (Å²) in [4.78, 5) is 11.0. The highest BCUT2D eigenvalue weighted by atomic mass is 32.2. The average Bonchev–Trinajstić information content (AvgIpc) is 2.78. The molecule has 0 aliphatic rings. The highest BCUT2D eigenvalue weighted by molar-refractivity contribution is 7.91. The van der Waals surface area contributed by atoms with Gasteiger partial charge in [0.25, 0.3) is 10.0 Å². The molecule has 1 aromatic heterocycles. The van der Waals surface area contributed by atoms with Crippen LogP contribution in [0.3, 0.4) is 0 Å². The number of hydrogen-bond acceptors (Lipinski definition) is 4. The fourth-order valence-electron chi connectivity index (χ4n) is 1.29. The molecule has 96 valence electrons. The fraction of sp³-hybridized carbons (Fsp3) is 0.500. The Morgan fingerprint density at radius 1 is 1.59 bits per heavy atom. The minimum absolute atomic E-state index is 0.132. The Labute approximate surface area is 105 Å². The standard InChI is InChI=1S/C10H15NO4S2/c1-3-7(2)9(10(12)13)11-17(14,15)8-5-4-6-16-8/h4-7,9,11H,3H2,1-2H3,(H,12,13)/t7-,9-/m0/s1. The highest BCUT2D eigenvalue weighted by Crippen LogP contribution is 2.18. The molecule has 1 rings (SSSR count). The molecule has 2 atom stereocenters. The summed E-state index contributed by atoms with van der Waals surface area (Å²) < 4.78 is 26.1. The lowest BCUT2D eigenvalue weighted by atomic mass is 10.0. The van der Waals surface area contributed by atoms with Gasteiger partial charge in [0.2, 0.25) is 0 Å². The van der Waals surface area contributed by atoms with Crippen LogP contribution in [-0.4, -0.2) is 25.5 Å². The molecular formula is C10H15NO4S2. The van der Waals surface area contributed by atoms with Gasteiger partial charge in [-0.3, -0.25) is 4.79 Å². The van der Waals surface area contributed by atoms with Crippen LogP contribution in [0.2, 0.25) is 0 Å². The van der Waals surface area contributed by atoms with Gasteiger partial charge in [0, 0.05) is 0 Å². The van der Waals surface area contributed by atoms with Gasteiger partial charge in [0.1, 0.15) is 10.3 Å². The van der Waals surface area contributed by atoms with Crippen molar-refractivity contribution in [2.45, 2.75) is 30.5 Å². The van der Waals surface area contributed by atoms with Crippen molar-refractivity contribution in [3.63, 3.8) is 0 Å². The summed E-state index contributed by atoms with van der Waals surface area (Å²) in [5.74, 6) is -1.42. The maximum Gasteiger partial charge on any atom is 0.322 e. The number of thiophene rings is 1. The molecule has 0 fully saturated rings. The normalized spacial score (nSPS) is 15.4. The van der Waals surface area contributed by atoms with E-state index in [2.05, 4.69) is 4.72 Å². The van der Waals surface area contributed by atoms with E-state index in [0.29, 0.717) is 6.42 Å². The van der Waals surface area contributed by atoms with E-state index in [-0.39, 0.29) is 10.1 Å². The maximum absolute atomic E-state index is 11.9. The van der Waals surface area contributed by atoms with Crippen molar-refractivity contribution in [3.8, 4) is 0 Å². The molecule has 5 nitrogen and oxygen atoms in total. The first-order valence-electron chi connectivity index (χ1n) is 5.17. The van der Waals surface area contributed by atoms with Gasteiger partial charge in [-0.25, -0.2) is 8.42 Å². The van der Waals surface area contributed by atoms with Crippen LogP contribution in [-0.2, 0) is 14.8 Å². The Morgan fingerprint density at radius 2 is 2.24 bits per heavy atom. The first kappa shape index (κ1) is 14.1. The average molecular weight is 277 g/mol. The number of sulfonamides is 1. The SMILES string of the molecule is CC[C@H](C)[C@H](NS(=O)(=O)c1cccs1)C(=O)O. The van der Waals surface area contributed by atoms with Crippen LogP contribution in [0.4, 0.5) is 0 Å². The Hall–Kier alpha value is -0.920. The number of carboxylic acids is 1. The molecule has 7 heteroatoms. The summed E-state index contributed by atoms with van der Waals surface area (Å²) in [6.45, 7) is 3.52. The fourth-order valence-corrected chi connectivity index (χ4v) is 3.59. The number of aliphatic carboxylic acids is 1. The largest absolute Gasteiger partial charge is 0.480 e. The molecule has 0 aliphatic carbocycles.